The van der Waals surface area contributed by atoms with Crippen LogP contribution in [0.3, 0.4) is 0 Å². The molecule has 0 radical (unpaired) electrons. The highest BCUT2D eigenvalue weighted by Gasteiger charge is 2.18. The first-order valence-corrected chi connectivity index (χ1v) is 8.96. The van der Waals surface area contributed by atoms with Crippen LogP contribution in [0.1, 0.15) is 23.7 Å². The summed E-state index contributed by atoms with van der Waals surface area (Å²) in [7, 11) is 2.11. The van der Waals surface area contributed by atoms with Crippen LogP contribution >= 0.6 is 0 Å². The summed E-state index contributed by atoms with van der Waals surface area (Å²) in [6.07, 6.45) is 1.17. The van der Waals surface area contributed by atoms with Gasteiger partial charge in [-0.25, -0.2) is 4.98 Å². The molecular formula is C19H25N5O. The molecule has 132 valence electrons. The summed E-state index contributed by atoms with van der Waals surface area (Å²) >= 11 is 0. The molecule has 0 N–H and O–H groups in total. The predicted molar refractivity (Wildman–Crippen MR) is 97.1 cm³/mol. The molecule has 3 aromatic rings. The molecule has 0 atom stereocenters. The van der Waals surface area contributed by atoms with Crippen molar-refractivity contribution in [2.24, 2.45) is 7.05 Å². The summed E-state index contributed by atoms with van der Waals surface area (Å²) in [5, 5.41) is 4.12. The van der Waals surface area contributed by atoms with Gasteiger partial charge < -0.3 is 9.09 Å². The predicted octanol–water partition coefficient (Wildman–Crippen LogP) is 2.58. The SMILES string of the molecule is Cc1cc(CN2CCCN(Cc3nc4ccccc4n3C)CC2)no1. The number of hydrogen-bond acceptors (Lipinski definition) is 5. The van der Waals surface area contributed by atoms with E-state index < -0.39 is 0 Å². The van der Waals surface area contributed by atoms with Crippen LogP contribution in [0.5, 0.6) is 0 Å². The first-order valence-electron chi connectivity index (χ1n) is 8.96. The van der Waals surface area contributed by atoms with E-state index in [4.69, 9.17) is 9.51 Å². The third kappa shape index (κ3) is 3.60. The van der Waals surface area contributed by atoms with Crippen molar-refractivity contribution in [1.29, 1.82) is 0 Å². The first-order chi connectivity index (χ1) is 12.2. The lowest BCUT2D eigenvalue weighted by Crippen LogP contribution is -2.31. The molecule has 1 aliphatic rings. The van der Waals surface area contributed by atoms with Crippen LogP contribution in [0.2, 0.25) is 0 Å². The summed E-state index contributed by atoms with van der Waals surface area (Å²) in [6.45, 7) is 8.04. The average Bonchev–Trinajstić information content (AvgIpc) is 3.07. The average molecular weight is 339 g/mol. The highest BCUT2D eigenvalue weighted by Crippen LogP contribution is 2.17. The monoisotopic (exact) mass is 339 g/mol. The van der Waals surface area contributed by atoms with Gasteiger partial charge in [-0.05, 0) is 38.6 Å². The summed E-state index contributed by atoms with van der Waals surface area (Å²) < 4.78 is 7.40. The molecular weight excluding hydrogens is 314 g/mol. The standard InChI is InChI=1S/C19H25N5O/c1-15-12-16(21-25-15)13-23-8-5-9-24(11-10-23)14-19-20-17-6-3-4-7-18(17)22(19)2/h3-4,6-7,12H,5,8-11,13-14H2,1-2H3. The molecule has 1 aromatic carbocycles. The normalized spacial score (nSPS) is 17.2. The van der Waals surface area contributed by atoms with E-state index in [9.17, 15) is 0 Å². The van der Waals surface area contributed by atoms with Crippen LogP contribution in [-0.4, -0.2) is 50.7 Å². The third-order valence-electron chi connectivity index (χ3n) is 4.99. The highest BCUT2D eigenvalue weighted by atomic mass is 16.5. The topological polar surface area (TPSA) is 50.3 Å². The van der Waals surface area contributed by atoms with Crippen molar-refractivity contribution in [2.45, 2.75) is 26.4 Å². The van der Waals surface area contributed by atoms with E-state index in [0.29, 0.717) is 0 Å². The molecule has 0 bridgehead atoms. The number of hydrogen-bond donors (Lipinski definition) is 0. The quantitative estimate of drug-likeness (QED) is 0.731. The lowest BCUT2D eigenvalue weighted by atomic mass is 10.3. The zero-order valence-electron chi connectivity index (χ0n) is 15.0. The van der Waals surface area contributed by atoms with Crippen molar-refractivity contribution >= 4 is 11.0 Å². The first kappa shape index (κ1) is 16.3. The third-order valence-corrected chi connectivity index (χ3v) is 4.99. The molecule has 0 saturated carbocycles. The van der Waals surface area contributed by atoms with Crippen LogP contribution in [0.4, 0.5) is 0 Å². The molecule has 1 fully saturated rings. The fourth-order valence-electron chi connectivity index (χ4n) is 3.60. The Kier molecular flexibility index (Phi) is 4.55. The van der Waals surface area contributed by atoms with Gasteiger partial charge in [-0.3, -0.25) is 9.80 Å². The molecule has 2 aromatic heterocycles. The summed E-state index contributed by atoms with van der Waals surface area (Å²) in [5.74, 6) is 2.02. The van der Waals surface area contributed by atoms with Gasteiger partial charge in [0.25, 0.3) is 0 Å². The van der Waals surface area contributed by atoms with Crippen LogP contribution in [0, 0.1) is 6.92 Å². The minimum atomic E-state index is 0.872. The minimum Gasteiger partial charge on any atom is -0.361 e. The van der Waals surface area contributed by atoms with Gasteiger partial charge in [0.2, 0.25) is 0 Å². The van der Waals surface area contributed by atoms with Crippen LogP contribution in [0.15, 0.2) is 34.9 Å². The summed E-state index contributed by atoms with van der Waals surface area (Å²) in [6, 6.07) is 10.4. The van der Waals surface area contributed by atoms with E-state index in [2.05, 4.69) is 50.8 Å². The second-order valence-electron chi connectivity index (χ2n) is 6.91. The minimum absolute atomic E-state index is 0.872. The maximum absolute atomic E-state index is 5.18. The smallest absolute Gasteiger partial charge is 0.133 e. The molecule has 0 spiro atoms. The van der Waals surface area contributed by atoms with E-state index in [0.717, 1.165) is 62.1 Å². The molecule has 6 heteroatoms. The Morgan fingerprint density at radius 2 is 1.80 bits per heavy atom. The highest BCUT2D eigenvalue weighted by molar-refractivity contribution is 5.75. The van der Waals surface area contributed by atoms with E-state index >= 15 is 0 Å². The zero-order chi connectivity index (χ0) is 17.2. The van der Waals surface area contributed by atoms with Crippen molar-refractivity contribution < 1.29 is 4.52 Å². The number of benzene rings is 1. The fraction of sp³-hybridized carbons (Fsp3) is 0.474. The maximum Gasteiger partial charge on any atom is 0.133 e. The molecule has 1 aliphatic heterocycles. The van der Waals surface area contributed by atoms with Gasteiger partial charge in [-0.15, -0.1) is 0 Å². The Labute approximate surface area is 148 Å². The Hall–Kier alpha value is -2.18. The van der Waals surface area contributed by atoms with E-state index in [1.54, 1.807) is 0 Å². The van der Waals surface area contributed by atoms with Crippen molar-refractivity contribution in [2.75, 3.05) is 26.2 Å². The van der Waals surface area contributed by atoms with Gasteiger partial charge in [0.15, 0.2) is 0 Å². The van der Waals surface area contributed by atoms with Gasteiger partial charge in [-0.2, -0.15) is 0 Å². The molecule has 0 amide bonds. The number of aryl methyl sites for hydroxylation is 2. The number of para-hydroxylation sites is 2. The van der Waals surface area contributed by atoms with Crippen molar-refractivity contribution in [3.8, 4) is 0 Å². The van der Waals surface area contributed by atoms with Gasteiger partial charge >= 0.3 is 0 Å². The van der Waals surface area contributed by atoms with E-state index in [1.165, 1.54) is 11.9 Å². The molecule has 1 saturated heterocycles. The second kappa shape index (κ2) is 6.98. The van der Waals surface area contributed by atoms with Crippen LogP contribution in [-0.2, 0) is 20.1 Å². The Morgan fingerprint density at radius 1 is 1.04 bits per heavy atom. The van der Waals surface area contributed by atoms with Crippen molar-refractivity contribution in [3.05, 3.63) is 47.6 Å². The lowest BCUT2D eigenvalue weighted by Gasteiger charge is -2.20. The van der Waals surface area contributed by atoms with Gasteiger partial charge in [-0.1, -0.05) is 17.3 Å². The number of imidazole rings is 1. The number of aromatic nitrogens is 3. The maximum atomic E-state index is 5.18. The van der Waals surface area contributed by atoms with Gasteiger partial charge in [0.05, 0.1) is 23.3 Å². The number of rotatable bonds is 4. The lowest BCUT2D eigenvalue weighted by molar-refractivity contribution is 0.238. The van der Waals surface area contributed by atoms with Gasteiger partial charge in [0.1, 0.15) is 11.6 Å². The molecule has 4 rings (SSSR count). The summed E-state index contributed by atoms with van der Waals surface area (Å²) in [4.78, 5) is 9.79. The summed E-state index contributed by atoms with van der Waals surface area (Å²) in [5.41, 5.74) is 3.31. The molecule has 0 aliphatic carbocycles. The molecule has 3 heterocycles. The van der Waals surface area contributed by atoms with Crippen molar-refractivity contribution in [1.82, 2.24) is 24.5 Å². The fourth-order valence-corrected chi connectivity index (χ4v) is 3.60. The Bertz CT molecular complexity index is 852. The number of fused-ring (bicyclic) bond motifs is 1. The Balaban J connectivity index is 1.39. The van der Waals surface area contributed by atoms with Gasteiger partial charge in [0, 0.05) is 32.7 Å². The molecule has 6 nitrogen and oxygen atoms in total. The second-order valence-corrected chi connectivity index (χ2v) is 6.91. The zero-order valence-corrected chi connectivity index (χ0v) is 15.0. The van der Waals surface area contributed by atoms with E-state index in [-0.39, 0.29) is 0 Å². The van der Waals surface area contributed by atoms with Crippen LogP contribution < -0.4 is 0 Å². The Morgan fingerprint density at radius 3 is 2.52 bits per heavy atom. The molecule has 25 heavy (non-hydrogen) atoms. The molecule has 0 unspecified atom stereocenters. The number of nitrogens with zero attached hydrogens (tertiary/aromatic N) is 5. The van der Waals surface area contributed by atoms with E-state index in [1.807, 2.05) is 13.0 Å². The van der Waals surface area contributed by atoms with Crippen LogP contribution in [0.25, 0.3) is 11.0 Å². The largest absolute Gasteiger partial charge is 0.361 e. The van der Waals surface area contributed by atoms with Crippen molar-refractivity contribution in [3.63, 3.8) is 0 Å².